The smallest absolute Gasteiger partial charge is 0.335 e. The number of anilines is 1. The summed E-state index contributed by atoms with van der Waals surface area (Å²) < 4.78 is 0. The molecule has 0 unspecified atom stereocenters. The van der Waals surface area contributed by atoms with E-state index in [-0.39, 0.29) is 17.4 Å². The number of carboxylic acid groups (broad SMARTS) is 1. The van der Waals surface area contributed by atoms with Crippen molar-refractivity contribution in [3.63, 3.8) is 0 Å². The van der Waals surface area contributed by atoms with Crippen molar-refractivity contribution in [1.29, 1.82) is 0 Å². The lowest BCUT2D eigenvalue weighted by atomic mass is 9.97. The van der Waals surface area contributed by atoms with E-state index in [0.717, 1.165) is 11.1 Å². The number of carbonyl (C=O) groups is 3. The molecule has 0 atom stereocenters. The van der Waals surface area contributed by atoms with Gasteiger partial charge in [0.1, 0.15) is 0 Å². The van der Waals surface area contributed by atoms with Gasteiger partial charge in [0.15, 0.2) is 0 Å². The van der Waals surface area contributed by atoms with Crippen LogP contribution in [0.3, 0.4) is 0 Å². The number of nitrogens with two attached hydrogens (primary N) is 1. The number of rotatable bonds is 7. The van der Waals surface area contributed by atoms with E-state index in [4.69, 9.17) is 10.8 Å². The topological polar surface area (TPSA) is 109 Å². The fraction of sp³-hybridized carbons (Fsp3) is 0.136. The third-order valence-electron chi connectivity index (χ3n) is 3.99. The van der Waals surface area contributed by atoms with E-state index in [1.165, 1.54) is 18.2 Å². The molecule has 0 aliphatic heterocycles. The number of carboxylic acids is 1. The summed E-state index contributed by atoms with van der Waals surface area (Å²) in [6.45, 7) is 3.78. The minimum atomic E-state index is -1.06. The van der Waals surface area contributed by atoms with E-state index in [9.17, 15) is 14.4 Å². The highest BCUT2D eigenvalue weighted by molar-refractivity contribution is 6.07. The van der Waals surface area contributed by atoms with Crippen LogP contribution in [0.4, 0.5) is 5.69 Å². The Morgan fingerprint density at radius 3 is 2.32 bits per heavy atom. The second kappa shape index (κ2) is 9.32. The van der Waals surface area contributed by atoms with E-state index in [1.807, 2.05) is 38.1 Å². The molecule has 0 bridgehead atoms. The van der Waals surface area contributed by atoms with Gasteiger partial charge >= 0.3 is 5.97 Å². The second-order valence-electron chi connectivity index (χ2n) is 6.46. The van der Waals surface area contributed by atoms with Gasteiger partial charge in [0.05, 0.1) is 5.56 Å². The third-order valence-corrected chi connectivity index (χ3v) is 3.99. The van der Waals surface area contributed by atoms with Crippen molar-refractivity contribution in [2.24, 2.45) is 11.7 Å². The monoisotopic (exact) mass is 378 g/mol. The zero-order valence-corrected chi connectivity index (χ0v) is 15.7. The first-order chi connectivity index (χ1) is 13.3. The van der Waals surface area contributed by atoms with Crippen LogP contribution in [0.25, 0.3) is 12.2 Å². The molecular weight excluding hydrogens is 356 g/mol. The van der Waals surface area contributed by atoms with E-state index in [0.29, 0.717) is 11.3 Å². The lowest BCUT2D eigenvalue weighted by Gasteiger charge is -2.13. The minimum absolute atomic E-state index is 0.0872. The molecule has 0 spiro atoms. The van der Waals surface area contributed by atoms with Crippen LogP contribution in [0.1, 0.15) is 35.3 Å². The number of benzene rings is 2. The van der Waals surface area contributed by atoms with Crippen LogP contribution in [0.5, 0.6) is 0 Å². The van der Waals surface area contributed by atoms with Crippen LogP contribution >= 0.6 is 0 Å². The second-order valence-corrected chi connectivity index (χ2v) is 6.46. The molecule has 4 N–H and O–H groups in total. The van der Waals surface area contributed by atoms with Gasteiger partial charge in [-0.2, -0.15) is 0 Å². The number of hydrogen-bond donors (Lipinski definition) is 3. The Morgan fingerprint density at radius 1 is 1.04 bits per heavy atom. The summed E-state index contributed by atoms with van der Waals surface area (Å²) in [5.41, 5.74) is 7.68. The fourth-order valence-electron chi connectivity index (χ4n) is 2.56. The summed E-state index contributed by atoms with van der Waals surface area (Å²) in [6.07, 6.45) is 4.61. The SMILES string of the molecule is CC(C)/C(=C\c1ccccc1/C=C/C(N)=O)C(=O)Nc1cccc(C(=O)O)c1. The van der Waals surface area contributed by atoms with Crippen LogP contribution in [0, 0.1) is 5.92 Å². The van der Waals surface area contributed by atoms with E-state index in [2.05, 4.69) is 5.32 Å². The van der Waals surface area contributed by atoms with Gasteiger partial charge in [0.2, 0.25) is 5.91 Å². The molecule has 2 amide bonds. The molecule has 0 radical (unpaired) electrons. The highest BCUT2D eigenvalue weighted by Crippen LogP contribution is 2.21. The molecule has 0 saturated heterocycles. The number of aromatic carboxylic acids is 1. The molecular formula is C22H22N2O4. The zero-order valence-electron chi connectivity index (χ0n) is 15.7. The van der Waals surface area contributed by atoms with Crippen molar-refractivity contribution in [3.05, 3.63) is 76.9 Å². The predicted octanol–water partition coefficient (Wildman–Crippen LogP) is 3.56. The minimum Gasteiger partial charge on any atom is -0.478 e. The molecule has 144 valence electrons. The van der Waals surface area contributed by atoms with Crippen molar-refractivity contribution in [2.45, 2.75) is 13.8 Å². The fourth-order valence-corrected chi connectivity index (χ4v) is 2.56. The summed E-state index contributed by atoms with van der Waals surface area (Å²) in [5.74, 6) is -2.04. The number of amides is 2. The third kappa shape index (κ3) is 5.67. The van der Waals surface area contributed by atoms with Gasteiger partial charge in [-0.05, 0) is 47.4 Å². The normalized spacial score (nSPS) is 11.6. The predicted molar refractivity (Wildman–Crippen MR) is 110 cm³/mol. The lowest BCUT2D eigenvalue weighted by molar-refractivity contribution is -0.114. The summed E-state index contributed by atoms with van der Waals surface area (Å²) in [6, 6.07) is 13.4. The van der Waals surface area contributed by atoms with Crippen molar-refractivity contribution in [2.75, 3.05) is 5.32 Å². The van der Waals surface area contributed by atoms with Crippen molar-refractivity contribution >= 4 is 35.6 Å². The number of primary amides is 1. The van der Waals surface area contributed by atoms with Crippen molar-refractivity contribution in [3.8, 4) is 0 Å². The van der Waals surface area contributed by atoms with Gasteiger partial charge in [-0.25, -0.2) is 4.79 Å². The van der Waals surface area contributed by atoms with Gasteiger partial charge in [-0.3, -0.25) is 9.59 Å². The maximum atomic E-state index is 12.8. The molecule has 2 aromatic carbocycles. The Bertz CT molecular complexity index is 959. The van der Waals surface area contributed by atoms with Crippen LogP contribution < -0.4 is 11.1 Å². The lowest BCUT2D eigenvalue weighted by Crippen LogP contribution is -2.18. The molecule has 0 heterocycles. The highest BCUT2D eigenvalue weighted by atomic mass is 16.4. The molecule has 0 aliphatic carbocycles. The molecule has 0 fully saturated rings. The zero-order chi connectivity index (χ0) is 20.7. The van der Waals surface area contributed by atoms with Crippen LogP contribution in [-0.4, -0.2) is 22.9 Å². The first-order valence-corrected chi connectivity index (χ1v) is 8.70. The summed E-state index contributed by atoms with van der Waals surface area (Å²) >= 11 is 0. The molecule has 0 saturated carbocycles. The standard InChI is InChI=1S/C22H22N2O4/c1-14(2)19(13-16-7-4-3-6-15(16)10-11-20(23)25)21(26)24-18-9-5-8-17(12-18)22(27)28/h3-14H,1-2H3,(H2,23,25)(H,24,26)(H,27,28)/b11-10+,19-13+. The largest absolute Gasteiger partial charge is 0.478 e. The van der Waals surface area contributed by atoms with E-state index < -0.39 is 11.9 Å². The van der Waals surface area contributed by atoms with Gasteiger partial charge in [0, 0.05) is 17.3 Å². The molecule has 28 heavy (non-hydrogen) atoms. The highest BCUT2D eigenvalue weighted by Gasteiger charge is 2.15. The maximum Gasteiger partial charge on any atom is 0.335 e. The molecule has 6 heteroatoms. The molecule has 2 rings (SSSR count). The van der Waals surface area contributed by atoms with Crippen molar-refractivity contribution in [1.82, 2.24) is 0 Å². The molecule has 2 aromatic rings. The Morgan fingerprint density at radius 2 is 1.71 bits per heavy atom. The van der Waals surface area contributed by atoms with Gasteiger partial charge < -0.3 is 16.2 Å². The summed E-state index contributed by atoms with van der Waals surface area (Å²) in [4.78, 5) is 34.9. The number of carbonyl (C=O) groups excluding carboxylic acids is 2. The Labute approximate surface area is 163 Å². The average Bonchev–Trinajstić information content (AvgIpc) is 2.64. The van der Waals surface area contributed by atoms with Crippen LogP contribution in [-0.2, 0) is 9.59 Å². The Kier molecular flexibility index (Phi) is 6.87. The quantitative estimate of drug-likeness (QED) is 0.640. The van der Waals surface area contributed by atoms with Gasteiger partial charge in [-0.15, -0.1) is 0 Å². The number of nitrogens with one attached hydrogen (secondary N) is 1. The maximum absolute atomic E-state index is 12.8. The average molecular weight is 378 g/mol. The van der Waals surface area contributed by atoms with Gasteiger partial charge in [-0.1, -0.05) is 44.2 Å². The first-order valence-electron chi connectivity index (χ1n) is 8.70. The summed E-state index contributed by atoms with van der Waals surface area (Å²) in [7, 11) is 0. The van der Waals surface area contributed by atoms with E-state index in [1.54, 1.807) is 24.3 Å². The molecule has 0 aromatic heterocycles. The molecule has 0 aliphatic rings. The first kappa shape index (κ1) is 20.6. The van der Waals surface area contributed by atoms with E-state index >= 15 is 0 Å². The molecule has 6 nitrogen and oxygen atoms in total. The van der Waals surface area contributed by atoms with Crippen LogP contribution in [0.15, 0.2) is 60.2 Å². The van der Waals surface area contributed by atoms with Crippen LogP contribution in [0.2, 0.25) is 0 Å². The summed E-state index contributed by atoms with van der Waals surface area (Å²) in [5, 5.41) is 11.8. The van der Waals surface area contributed by atoms with Crippen molar-refractivity contribution < 1.29 is 19.5 Å². The number of hydrogen-bond acceptors (Lipinski definition) is 3. The Balaban J connectivity index is 2.35. The van der Waals surface area contributed by atoms with Gasteiger partial charge in [0.25, 0.3) is 5.91 Å². The Hall–Kier alpha value is -3.67.